The highest BCUT2D eigenvalue weighted by atomic mass is 19.1. The molecule has 2 aromatic carbocycles. The number of amides is 1. The van der Waals surface area contributed by atoms with Crippen molar-refractivity contribution >= 4 is 17.4 Å². The molecule has 3 aromatic rings. The Bertz CT molecular complexity index is 1220. The number of unbranched alkanes of at least 4 members (excludes halogenated alkanes) is 2. The van der Waals surface area contributed by atoms with Crippen LogP contribution in [-0.4, -0.2) is 44.4 Å². The van der Waals surface area contributed by atoms with E-state index >= 15 is 0 Å². The van der Waals surface area contributed by atoms with Gasteiger partial charge >= 0.3 is 0 Å². The molecule has 4 rings (SSSR count). The lowest BCUT2D eigenvalue weighted by Crippen LogP contribution is -2.31. The monoisotopic (exact) mass is 491 g/mol. The molecule has 1 amide bonds. The maximum Gasteiger partial charge on any atom is 0.295 e. The fourth-order valence-corrected chi connectivity index (χ4v) is 4.38. The lowest BCUT2D eigenvalue weighted by Gasteiger charge is -2.26. The standard InChI is InChI=1S/C28H30FN3O4/c1-2-3-4-17-36-23-8-5-7-21(18-23)25-24(26(33)20-9-11-22(29)12-10-20)27(34)28(35)32(25)15-6-14-31-16-13-30-19-31/h5,7-13,16,18-19,25,33H,2-4,6,14-15,17H2,1H3. The highest BCUT2D eigenvalue weighted by Crippen LogP contribution is 2.40. The summed E-state index contributed by atoms with van der Waals surface area (Å²) in [6.07, 6.45) is 8.87. The topological polar surface area (TPSA) is 84.7 Å². The number of halogens is 1. The average Bonchev–Trinajstić information content (AvgIpc) is 3.49. The first-order valence-corrected chi connectivity index (χ1v) is 12.2. The van der Waals surface area contributed by atoms with Gasteiger partial charge < -0.3 is 19.3 Å². The quantitative estimate of drug-likeness (QED) is 0.175. The van der Waals surface area contributed by atoms with Crippen LogP contribution in [0.2, 0.25) is 0 Å². The molecule has 1 aliphatic heterocycles. The van der Waals surface area contributed by atoms with Crippen LogP contribution in [0, 0.1) is 5.82 Å². The Kier molecular flexibility index (Phi) is 8.15. The van der Waals surface area contributed by atoms with E-state index in [-0.39, 0.29) is 16.9 Å². The number of hydrogen-bond donors (Lipinski definition) is 1. The highest BCUT2D eigenvalue weighted by molar-refractivity contribution is 6.46. The number of carbonyl (C=O) groups excluding carboxylic acids is 2. The number of aromatic nitrogens is 2. The van der Waals surface area contributed by atoms with Gasteiger partial charge in [0, 0.05) is 31.0 Å². The van der Waals surface area contributed by atoms with Crippen LogP contribution in [0.5, 0.6) is 5.75 Å². The van der Waals surface area contributed by atoms with E-state index in [9.17, 15) is 19.1 Å². The molecule has 0 bridgehead atoms. The van der Waals surface area contributed by atoms with Crippen LogP contribution in [0.3, 0.4) is 0 Å². The average molecular weight is 492 g/mol. The summed E-state index contributed by atoms with van der Waals surface area (Å²) in [5.74, 6) is -1.60. The number of Topliss-reactive ketones (excluding diaryl/α,β-unsaturated/α-hetero) is 1. The summed E-state index contributed by atoms with van der Waals surface area (Å²) >= 11 is 0. The second-order valence-corrected chi connectivity index (χ2v) is 8.78. The van der Waals surface area contributed by atoms with E-state index in [1.54, 1.807) is 12.5 Å². The van der Waals surface area contributed by atoms with Crippen LogP contribution in [0.1, 0.15) is 49.8 Å². The lowest BCUT2D eigenvalue weighted by molar-refractivity contribution is -0.139. The van der Waals surface area contributed by atoms with Gasteiger partial charge in [0.2, 0.25) is 0 Å². The zero-order valence-electron chi connectivity index (χ0n) is 20.3. The van der Waals surface area contributed by atoms with Gasteiger partial charge in [0.25, 0.3) is 11.7 Å². The maximum absolute atomic E-state index is 13.5. The number of likely N-dealkylation sites (tertiary alicyclic amines) is 1. The van der Waals surface area contributed by atoms with Gasteiger partial charge in [0.15, 0.2) is 0 Å². The van der Waals surface area contributed by atoms with Crippen molar-refractivity contribution in [3.63, 3.8) is 0 Å². The summed E-state index contributed by atoms with van der Waals surface area (Å²) < 4.78 is 21.3. The number of rotatable bonds is 11. The van der Waals surface area contributed by atoms with Gasteiger partial charge in [-0.2, -0.15) is 0 Å². The molecule has 1 N–H and O–H groups in total. The van der Waals surface area contributed by atoms with E-state index in [1.807, 2.05) is 35.0 Å². The normalized spacial score (nSPS) is 17.1. The molecule has 188 valence electrons. The Hall–Kier alpha value is -3.94. The molecule has 0 saturated carbocycles. The number of ether oxygens (including phenoxy) is 1. The highest BCUT2D eigenvalue weighted by Gasteiger charge is 2.45. The van der Waals surface area contributed by atoms with Crippen molar-refractivity contribution < 1.29 is 23.8 Å². The largest absolute Gasteiger partial charge is 0.507 e. The molecule has 8 heteroatoms. The number of ketones is 1. The zero-order chi connectivity index (χ0) is 25.5. The number of benzene rings is 2. The number of imidazole rings is 1. The Morgan fingerprint density at radius 2 is 1.89 bits per heavy atom. The molecule has 0 aliphatic carbocycles. The van der Waals surface area contributed by atoms with E-state index in [0.29, 0.717) is 37.4 Å². The van der Waals surface area contributed by atoms with Crippen molar-refractivity contribution in [2.24, 2.45) is 0 Å². The van der Waals surface area contributed by atoms with Crippen LogP contribution in [-0.2, 0) is 16.1 Å². The first-order chi connectivity index (χ1) is 17.5. The fraction of sp³-hybridized carbons (Fsp3) is 0.321. The Balaban J connectivity index is 1.68. The van der Waals surface area contributed by atoms with Crippen molar-refractivity contribution in [3.8, 4) is 5.75 Å². The number of nitrogens with zero attached hydrogens (tertiary/aromatic N) is 3. The van der Waals surface area contributed by atoms with Crippen molar-refractivity contribution in [2.75, 3.05) is 13.2 Å². The number of aliphatic hydroxyl groups excluding tert-OH is 1. The van der Waals surface area contributed by atoms with Crippen molar-refractivity contribution in [3.05, 3.63) is 89.8 Å². The van der Waals surface area contributed by atoms with Crippen LogP contribution in [0.4, 0.5) is 4.39 Å². The fourth-order valence-electron chi connectivity index (χ4n) is 4.38. The number of hydrogen-bond acceptors (Lipinski definition) is 5. The SMILES string of the molecule is CCCCCOc1cccc(C2C(=C(O)c3ccc(F)cc3)C(=O)C(=O)N2CCCn2ccnc2)c1. The molecule has 0 radical (unpaired) electrons. The predicted molar refractivity (Wildman–Crippen MR) is 134 cm³/mol. The Morgan fingerprint density at radius 1 is 1.08 bits per heavy atom. The van der Waals surface area contributed by atoms with E-state index in [2.05, 4.69) is 11.9 Å². The third-order valence-corrected chi connectivity index (χ3v) is 6.22. The van der Waals surface area contributed by atoms with Gasteiger partial charge in [-0.1, -0.05) is 31.9 Å². The lowest BCUT2D eigenvalue weighted by atomic mass is 9.95. The Morgan fingerprint density at radius 3 is 2.61 bits per heavy atom. The zero-order valence-corrected chi connectivity index (χ0v) is 20.3. The molecule has 2 heterocycles. The van der Waals surface area contributed by atoms with Crippen LogP contribution in [0.15, 0.2) is 72.8 Å². The van der Waals surface area contributed by atoms with E-state index in [1.165, 1.54) is 29.2 Å². The van der Waals surface area contributed by atoms with Crippen LogP contribution in [0.25, 0.3) is 5.76 Å². The van der Waals surface area contributed by atoms with Crippen LogP contribution < -0.4 is 4.74 Å². The molecule has 1 aromatic heterocycles. The number of aliphatic hydroxyl groups is 1. The summed E-state index contributed by atoms with van der Waals surface area (Å²) in [5.41, 5.74) is 0.913. The first kappa shape index (κ1) is 25.2. The smallest absolute Gasteiger partial charge is 0.295 e. The molecular weight excluding hydrogens is 461 g/mol. The van der Waals surface area contributed by atoms with E-state index in [4.69, 9.17) is 4.74 Å². The van der Waals surface area contributed by atoms with Gasteiger partial charge in [-0.15, -0.1) is 0 Å². The summed E-state index contributed by atoms with van der Waals surface area (Å²) in [6.45, 7) is 3.61. The second kappa shape index (κ2) is 11.7. The molecule has 0 spiro atoms. The number of carbonyl (C=O) groups is 2. The van der Waals surface area contributed by atoms with Crippen molar-refractivity contribution in [2.45, 2.75) is 45.2 Å². The minimum Gasteiger partial charge on any atom is -0.507 e. The molecule has 1 aliphatic rings. The Labute approximate surface area is 209 Å². The van der Waals surface area contributed by atoms with Gasteiger partial charge in [0.05, 0.1) is 24.5 Å². The van der Waals surface area contributed by atoms with Gasteiger partial charge in [-0.05, 0) is 54.8 Å². The number of aryl methyl sites for hydroxylation is 1. The maximum atomic E-state index is 13.5. The van der Waals surface area contributed by atoms with E-state index in [0.717, 1.165) is 19.3 Å². The third kappa shape index (κ3) is 5.64. The molecule has 1 fully saturated rings. The first-order valence-electron chi connectivity index (χ1n) is 12.2. The van der Waals surface area contributed by atoms with Crippen molar-refractivity contribution in [1.29, 1.82) is 0 Å². The molecule has 1 saturated heterocycles. The van der Waals surface area contributed by atoms with Crippen LogP contribution >= 0.6 is 0 Å². The molecule has 36 heavy (non-hydrogen) atoms. The molecule has 1 unspecified atom stereocenters. The summed E-state index contributed by atoms with van der Waals surface area (Å²) in [5, 5.41) is 11.1. The summed E-state index contributed by atoms with van der Waals surface area (Å²) in [7, 11) is 0. The summed E-state index contributed by atoms with van der Waals surface area (Å²) in [4.78, 5) is 31.8. The molecular formula is C28H30FN3O4. The second-order valence-electron chi connectivity index (χ2n) is 8.78. The predicted octanol–water partition coefficient (Wildman–Crippen LogP) is 5.10. The molecule has 1 atom stereocenters. The summed E-state index contributed by atoms with van der Waals surface area (Å²) in [6, 6.07) is 11.7. The third-order valence-electron chi connectivity index (χ3n) is 6.22. The van der Waals surface area contributed by atoms with Gasteiger partial charge in [0.1, 0.15) is 17.3 Å². The minimum absolute atomic E-state index is 0.0163. The van der Waals surface area contributed by atoms with Gasteiger partial charge in [-0.3, -0.25) is 9.59 Å². The van der Waals surface area contributed by atoms with Gasteiger partial charge in [-0.25, -0.2) is 9.37 Å². The molecule has 7 nitrogen and oxygen atoms in total. The van der Waals surface area contributed by atoms with E-state index < -0.39 is 23.5 Å². The minimum atomic E-state index is -0.794. The van der Waals surface area contributed by atoms with Crippen molar-refractivity contribution in [1.82, 2.24) is 14.5 Å².